The molecule has 0 bridgehead atoms. The van der Waals surface area contributed by atoms with E-state index in [2.05, 4.69) is 23.3 Å². The van der Waals surface area contributed by atoms with Gasteiger partial charge in [-0.1, -0.05) is 13.3 Å². The Hall–Kier alpha value is -3.54. The summed E-state index contributed by atoms with van der Waals surface area (Å²) in [6.07, 6.45) is 2.03. The lowest BCUT2D eigenvalue weighted by Gasteiger charge is -2.20. The van der Waals surface area contributed by atoms with Crippen LogP contribution in [0.15, 0.2) is 18.2 Å². The van der Waals surface area contributed by atoms with Gasteiger partial charge in [0.05, 0.1) is 18.4 Å². The Morgan fingerprint density at radius 1 is 1.31 bits per heavy atom. The van der Waals surface area contributed by atoms with Crippen molar-refractivity contribution < 1.29 is 19.1 Å². The van der Waals surface area contributed by atoms with Crippen LogP contribution < -0.4 is 11.1 Å². The molecule has 0 saturated carbocycles. The number of unbranched alkanes of at least 4 members (excludes halogenated alkanes) is 1. The average molecular weight is 442 g/mol. The van der Waals surface area contributed by atoms with Gasteiger partial charge < -0.3 is 25.1 Å². The topological polar surface area (TPSA) is 132 Å². The number of nitriles is 1. The van der Waals surface area contributed by atoms with Gasteiger partial charge in [0, 0.05) is 30.8 Å². The molecule has 3 N–H and O–H groups in total. The van der Waals surface area contributed by atoms with Gasteiger partial charge in [-0.3, -0.25) is 0 Å². The highest BCUT2D eigenvalue weighted by molar-refractivity contribution is 5.92. The van der Waals surface area contributed by atoms with E-state index >= 15 is 0 Å². The zero-order valence-corrected chi connectivity index (χ0v) is 19.3. The SMILES string of the molecule is CCCCc1nc(C#N)c(-c2ccc(C(=O)OC)cc2N)n1CCNC(=O)OC(C)(C)C. The highest BCUT2D eigenvalue weighted by Crippen LogP contribution is 2.31. The first kappa shape index (κ1) is 24.7. The van der Waals surface area contributed by atoms with Gasteiger partial charge in [-0.2, -0.15) is 5.26 Å². The molecule has 1 aromatic carbocycles. The van der Waals surface area contributed by atoms with E-state index in [9.17, 15) is 14.9 Å². The first-order valence-electron chi connectivity index (χ1n) is 10.6. The van der Waals surface area contributed by atoms with Gasteiger partial charge >= 0.3 is 12.1 Å². The maximum Gasteiger partial charge on any atom is 0.407 e. The molecule has 9 nitrogen and oxygen atoms in total. The molecule has 0 aliphatic heterocycles. The van der Waals surface area contributed by atoms with Crippen LogP contribution in [0.1, 0.15) is 62.4 Å². The Kier molecular flexibility index (Phi) is 8.24. The molecule has 9 heteroatoms. The smallest absolute Gasteiger partial charge is 0.407 e. The number of carbonyl (C=O) groups excluding carboxylic acids is 2. The van der Waals surface area contributed by atoms with E-state index in [0.717, 1.165) is 18.7 Å². The summed E-state index contributed by atoms with van der Waals surface area (Å²) in [5.41, 5.74) is 7.67. The molecule has 2 aromatic rings. The molecule has 0 spiro atoms. The summed E-state index contributed by atoms with van der Waals surface area (Å²) >= 11 is 0. The van der Waals surface area contributed by atoms with Gasteiger partial charge in [-0.15, -0.1) is 0 Å². The van der Waals surface area contributed by atoms with E-state index in [1.54, 1.807) is 32.9 Å². The van der Waals surface area contributed by atoms with Crippen molar-refractivity contribution in [2.24, 2.45) is 0 Å². The average Bonchev–Trinajstić information content (AvgIpc) is 3.07. The summed E-state index contributed by atoms with van der Waals surface area (Å²) in [4.78, 5) is 28.4. The van der Waals surface area contributed by atoms with Crippen molar-refractivity contribution in [3.63, 3.8) is 0 Å². The predicted octanol–water partition coefficient (Wildman–Crippen LogP) is 3.66. The number of methoxy groups -OCH3 is 1. The minimum atomic E-state index is -0.597. The number of carbonyl (C=O) groups is 2. The zero-order chi connectivity index (χ0) is 23.9. The molecule has 0 aliphatic rings. The molecule has 2 rings (SSSR count). The highest BCUT2D eigenvalue weighted by atomic mass is 16.6. The number of ether oxygens (including phenoxy) is 2. The van der Waals surface area contributed by atoms with Gasteiger partial charge in [0.2, 0.25) is 0 Å². The van der Waals surface area contributed by atoms with E-state index in [1.165, 1.54) is 13.2 Å². The van der Waals surface area contributed by atoms with E-state index in [1.807, 2.05) is 4.57 Å². The summed E-state index contributed by atoms with van der Waals surface area (Å²) in [5, 5.41) is 12.5. The quantitative estimate of drug-likeness (QED) is 0.472. The number of aryl methyl sites for hydroxylation is 1. The lowest BCUT2D eigenvalue weighted by atomic mass is 10.0. The number of nitrogen functional groups attached to an aromatic ring is 1. The molecule has 0 aliphatic carbocycles. The van der Waals surface area contributed by atoms with Crippen LogP contribution >= 0.6 is 0 Å². The first-order valence-corrected chi connectivity index (χ1v) is 10.6. The lowest BCUT2D eigenvalue weighted by molar-refractivity contribution is 0.0524. The number of imidazole rings is 1. The molecule has 0 unspecified atom stereocenters. The van der Waals surface area contributed by atoms with Crippen LogP contribution in [-0.2, 0) is 22.4 Å². The summed E-state index contributed by atoms with van der Waals surface area (Å²) in [6, 6.07) is 6.94. The van der Waals surface area contributed by atoms with Crippen LogP contribution in [-0.4, -0.2) is 40.9 Å². The Morgan fingerprint density at radius 2 is 2.03 bits per heavy atom. The van der Waals surface area contributed by atoms with Crippen molar-refractivity contribution in [2.75, 3.05) is 19.4 Å². The lowest BCUT2D eigenvalue weighted by Crippen LogP contribution is -2.34. The fourth-order valence-electron chi connectivity index (χ4n) is 3.22. The number of anilines is 1. The maximum atomic E-state index is 12.0. The molecule has 0 atom stereocenters. The molecule has 0 saturated heterocycles. The summed E-state index contributed by atoms with van der Waals surface area (Å²) in [5.74, 6) is 0.239. The van der Waals surface area contributed by atoms with Crippen LogP contribution in [0.3, 0.4) is 0 Å². The van der Waals surface area contributed by atoms with Gasteiger partial charge in [0.1, 0.15) is 17.5 Å². The largest absolute Gasteiger partial charge is 0.465 e. The number of amides is 1. The van der Waals surface area contributed by atoms with Crippen molar-refractivity contribution >= 4 is 17.7 Å². The second kappa shape index (κ2) is 10.7. The number of alkyl carbamates (subject to hydrolysis) is 1. The highest BCUT2D eigenvalue weighted by Gasteiger charge is 2.22. The number of hydrogen-bond acceptors (Lipinski definition) is 7. The van der Waals surface area contributed by atoms with Gasteiger partial charge in [0.15, 0.2) is 5.69 Å². The molecule has 0 fully saturated rings. The number of aromatic nitrogens is 2. The van der Waals surface area contributed by atoms with Crippen LogP contribution in [0.25, 0.3) is 11.3 Å². The Morgan fingerprint density at radius 3 is 2.59 bits per heavy atom. The molecular weight excluding hydrogens is 410 g/mol. The van der Waals surface area contributed by atoms with E-state index in [-0.39, 0.29) is 12.2 Å². The summed E-state index contributed by atoms with van der Waals surface area (Å²) < 4.78 is 11.9. The van der Waals surface area contributed by atoms with Gasteiger partial charge in [0.25, 0.3) is 0 Å². The van der Waals surface area contributed by atoms with Crippen LogP contribution in [0, 0.1) is 11.3 Å². The second-order valence-electron chi connectivity index (χ2n) is 8.31. The maximum absolute atomic E-state index is 12.0. The normalized spacial score (nSPS) is 11.0. The van der Waals surface area contributed by atoms with Crippen molar-refractivity contribution in [3.05, 3.63) is 35.3 Å². The predicted molar refractivity (Wildman–Crippen MR) is 121 cm³/mol. The third kappa shape index (κ3) is 6.23. The van der Waals surface area contributed by atoms with Crippen LogP contribution in [0.4, 0.5) is 10.5 Å². The molecule has 1 heterocycles. The molecular formula is C23H31N5O4. The molecule has 1 amide bonds. The Labute approximate surface area is 188 Å². The molecule has 0 radical (unpaired) electrons. The standard InChI is InChI=1S/C23H31N5O4/c1-6-7-8-19-27-18(14-24)20(16-10-9-15(13-17(16)25)21(29)31-5)28(19)12-11-26-22(30)32-23(2,3)4/h9-10,13H,6-8,11-12,25H2,1-5H3,(H,26,30). The molecule has 1 aromatic heterocycles. The van der Waals surface area contributed by atoms with Crippen molar-refractivity contribution in [1.82, 2.24) is 14.9 Å². The van der Waals surface area contributed by atoms with E-state index in [0.29, 0.717) is 35.5 Å². The third-order valence-corrected chi connectivity index (χ3v) is 4.64. The van der Waals surface area contributed by atoms with Crippen molar-refractivity contribution in [3.8, 4) is 17.3 Å². The number of nitrogens with two attached hydrogens (primary N) is 1. The summed E-state index contributed by atoms with van der Waals surface area (Å²) in [7, 11) is 1.30. The van der Waals surface area contributed by atoms with E-state index in [4.69, 9.17) is 15.2 Å². The number of rotatable bonds is 8. The number of hydrogen-bond donors (Lipinski definition) is 2. The fraction of sp³-hybridized carbons (Fsp3) is 0.478. The minimum absolute atomic E-state index is 0.242. The van der Waals surface area contributed by atoms with Crippen molar-refractivity contribution in [2.45, 2.75) is 59.1 Å². The number of esters is 1. The Bertz CT molecular complexity index is 1010. The van der Waals surface area contributed by atoms with Crippen LogP contribution in [0.5, 0.6) is 0 Å². The summed E-state index contributed by atoms with van der Waals surface area (Å²) in [6.45, 7) is 8.12. The Balaban J connectivity index is 2.41. The first-order chi connectivity index (χ1) is 15.1. The fourth-order valence-corrected chi connectivity index (χ4v) is 3.22. The molecule has 32 heavy (non-hydrogen) atoms. The number of nitrogens with one attached hydrogen (secondary N) is 1. The number of benzene rings is 1. The molecule has 172 valence electrons. The minimum Gasteiger partial charge on any atom is -0.465 e. The monoisotopic (exact) mass is 441 g/mol. The van der Waals surface area contributed by atoms with Gasteiger partial charge in [-0.05, 0) is 45.4 Å². The zero-order valence-electron chi connectivity index (χ0n) is 19.3. The second-order valence-corrected chi connectivity index (χ2v) is 8.31. The van der Waals surface area contributed by atoms with Gasteiger partial charge in [-0.25, -0.2) is 14.6 Å². The van der Waals surface area contributed by atoms with Crippen LogP contribution in [0.2, 0.25) is 0 Å². The third-order valence-electron chi connectivity index (χ3n) is 4.64. The van der Waals surface area contributed by atoms with E-state index < -0.39 is 17.7 Å². The number of nitrogens with zero attached hydrogens (tertiary/aromatic N) is 3. The van der Waals surface area contributed by atoms with Crippen molar-refractivity contribution in [1.29, 1.82) is 5.26 Å².